The number of unbranched alkanes of at least 4 members (excludes halogenated alkanes) is 1. The lowest BCUT2D eigenvalue weighted by atomic mass is 9.82. The van der Waals surface area contributed by atoms with Crippen molar-refractivity contribution in [1.29, 1.82) is 0 Å². The Morgan fingerprint density at radius 2 is 2.17 bits per heavy atom. The molecule has 1 aliphatic rings. The molecule has 102 valence electrons. The molecule has 2 atom stereocenters. The van der Waals surface area contributed by atoms with Gasteiger partial charge < -0.3 is 9.84 Å². The van der Waals surface area contributed by atoms with Crippen LogP contribution in [0.4, 0.5) is 0 Å². The van der Waals surface area contributed by atoms with Crippen LogP contribution in [0.15, 0.2) is 4.52 Å². The summed E-state index contributed by atoms with van der Waals surface area (Å²) >= 11 is 0. The van der Waals surface area contributed by atoms with E-state index in [0.29, 0.717) is 12.0 Å². The highest BCUT2D eigenvalue weighted by molar-refractivity contribution is 4.91. The summed E-state index contributed by atoms with van der Waals surface area (Å²) in [5.74, 6) is 2.36. The van der Waals surface area contributed by atoms with E-state index in [1.54, 1.807) is 0 Å². The number of nitrogens with zero attached hydrogens (tertiary/aromatic N) is 2. The quantitative estimate of drug-likeness (QED) is 0.844. The second-order valence-corrected chi connectivity index (χ2v) is 5.35. The zero-order valence-electron chi connectivity index (χ0n) is 11.6. The first-order valence-corrected chi connectivity index (χ1v) is 7.32. The highest BCUT2D eigenvalue weighted by Gasteiger charge is 2.25. The first-order valence-electron chi connectivity index (χ1n) is 7.32. The van der Waals surface area contributed by atoms with Crippen molar-refractivity contribution < 1.29 is 4.52 Å². The van der Waals surface area contributed by atoms with Gasteiger partial charge in [-0.05, 0) is 32.2 Å². The average Bonchev–Trinajstić information content (AvgIpc) is 2.84. The minimum Gasteiger partial charge on any atom is -0.339 e. The molecule has 0 saturated heterocycles. The molecule has 1 heterocycles. The minimum absolute atomic E-state index is 0.616. The first kappa shape index (κ1) is 13.5. The third-order valence-corrected chi connectivity index (χ3v) is 3.98. The molecule has 0 spiro atoms. The van der Waals surface area contributed by atoms with E-state index in [1.807, 2.05) is 0 Å². The van der Waals surface area contributed by atoms with Crippen LogP contribution in [0.25, 0.3) is 0 Å². The molecule has 1 N–H and O–H groups in total. The van der Waals surface area contributed by atoms with Gasteiger partial charge in [0.1, 0.15) is 0 Å². The molecule has 0 amide bonds. The Morgan fingerprint density at radius 1 is 1.33 bits per heavy atom. The minimum atomic E-state index is 0.616. The fraction of sp³-hybridized carbons (Fsp3) is 0.857. The maximum Gasteiger partial charge on any atom is 0.226 e. The summed E-state index contributed by atoms with van der Waals surface area (Å²) in [6, 6.07) is 0.616. The van der Waals surface area contributed by atoms with Crippen molar-refractivity contribution in [3.8, 4) is 0 Å². The molecule has 2 rings (SSSR count). The van der Waals surface area contributed by atoms with Gasteiger partial charge in [-0.25, -0.2) is 0 Å². The van der Waals surface area contributed by atoms with E-state index in [-0.39, 0.29) is 0 Å². The van der Waals surface area contributed by atoms with Gasteiger partial charge >= 0.3 is 0 Å². The standard InChI is InChI=1S/C14H25N3O/c1-3-4-9-13-16-14(18-17-13)10-11-7-5-6-8-12(11)15-2/h11-12,15H,3-10H2,1-2H3. The number of nitrogens with one attached hydrogen (secondary N) is 1. The predicted octanol–water partition coefficient (Wildman–Crippen LogP) is 2.73. The summed E-state index contributed by atoms with van der Waals surface area (Å²) in [5.41, 5.74) is 0. The Kier molecular flexibility index (Phi) is 5.17. The summed E-state index contributed by atoms with van der Waals surface area (Å²) < 4.78 is 5.37. The Balaban J connectivity index is 1.89. The van der Waals surface area contributed by atoms with E-state index in [0.717, 1.165) is 31.0 Å². The van der Waals surface area contributed by atoms with Gasteiger partial charge in [-0.2, -0.15) is 4.98 Å². The lowest BCUT2D eigenvalue weighted by Crippen LogP contribution is -2.37. The normalized spacial score (nSPS) is 24.3. The van der Waals surface area contributed by atoms with E-state index in [2.05, 4.69) is 29.4 Å². The highest BCUT2D eigenvalue weighted by atomic mass is 16.5. The van der Waals surface area contributed by atoms with E-state index in [1.165, 1.54) is 32.1 Å². The van der Waals surface area contributed by atoms with Gasteiger partial charge in [0, 0.05) is 18.9 Å². The van der Waals surface area contributed by atoms with Crippen molar-refractivity contribution in [2.75, 3.05) is 7.05 Å². The van der Waals surface area contributed by atoms with Gasteiger partial charge in [0.05, 0.1) is 0 Å². The molecule has 0 aromatic carbocycles. The number of rotatable bonds is 6. The molecule has 1 aromatic rings. The van der Waals surface area contributed by atoms with Gasteiger partial charge in [0.25, 0.3) is 0 Å². The van der Waals surface area contributed by atoms with Crippen molar-refractivity contribution in [1.82, 2.24) is 15.5 Å². The number of hydrogen-bond acceptors (Lipinski definition) is 4. The van der Waals surface area contributed by atoms with Crippen LogP contribution in [0.3, 0.4) is 0 Å². The third-order valence-electron chi connectivity index (χ3n) is 3.98. The third kappa shape index (κ3) is 3.55. The fourth-order valence-electron chi connectivity index (χ4n) is 2.87. The molecule has 1 fully saturated rings. The van der Waals surface area contributed by atoms with Crippen LogP contribution >= 0.6 is 0 Å². The van der Waals surface area contributed by atoms with Crippen molar-refractivity contribution >= 4 is 0 Å². The van der Waals surface area contributed by atoms with Gasteiger partial charge in [-0.15, -0.1) is 0 Å². The average molecular weight is 251 g/mol. The van der Waals surface area contributed by atoms with Gasteiger partial charge in [-0.1, -0.05) is 31.3 Å². The van der Waals surface area contributed by atoms with Crippen molar-refractivity contribution in [3.05, 3.63) is 11.7 Å². The number of aromatic nitrogens is 2. The van der Waals surface area contributed by atoms with Crippen LogP contribution < -0.4 is 5.32 Å². The lowest BCUT2D eigenvalue weighted by molar-refractivity contribution is 0.248. The van der Waals surface area contributed by atoms with Crippen LogP contribution in [0, 0.1) is 5.92 Å². The van der Waals surface area contributed by atoms with Gasteiger partial charge in [0.2, 0.25) is 5.89 Å². The molecule has 0 radical (unpaired) electrons. The molecule has 18 heavy (non-hydrogen) atoms. The molecule has 4 heteroatoms. The largest absolute Gasteiger partial charge is 0.339 e. The van der Waals surface area contributed by atoms with E-state index in [9.17, 15) is 0 Å². The number of aryl methyl sites for hydroxylation is 1. The topological polar surface area (TPSA) is 51.0 Å². The van der Waals surface area contributed by atoms with Crippen LogP contribution in [-0.4, -0.2) is 23.2 Å². The monoisotopic (exact) mass is 251 g/mol. The highest BCUT2D eigenvalue weighted by Crippen LogP contribution is 2.27. The van der Waals surface area contributed by atoms with Crippen molar-refractivity contribution in [3.63, 3.8) is 0 Å². The van der Waals surface area contributed by atoms with E-state index < -0.39 is 0 Å². The van der Waals surface area contributed by atoms with E-state index >= 15 is 0 Å². The van der Waals surface area contributed by atoms with Crippen LogP contribution in [-0.2, 0) is 12.8 Å². The maximum atomic E-state index is 5.37. The molecule has 1 saturated carbocycles. The molecule has 1 aromatic heterocycles. The molecular formula is C14H25N3O. The summed E-state index contributed by atoms with van der Waals surface area (Å²) in [4.78, 5) is 4.51. The molecule has 0 bridgehead atoms. The van der Waals surface area contributed by atoms with Gasteiger partial charge in [-0.3, -0.25) is 0 Å². The van der Waals surface area contributed by atoms with Crippen molar-refractivity contribution in [2.24, 2.45) is 5.92 Å². The Hall–Kier alpha value is -0.900. The lowest BCUT2D eigenvalue weighted by Gasteiger charge is -2.30. The Bertz CT molecular complexity index is 351. The fourth-order valence-corrected chi connectivity index (χ4v) is 2.87. The van der Waals surface area contributed by atoms with Crippen LogP contribution in [0.1, 0.15) is 57.2 Å². The van der Waals surface area contributed by atoms with E-state index in [4.69, 9.17) is 4.52 Å². The summed E-state index contributed by atoms with van der Waals surface area (Å²) in [6.07, 6.45) is 9.42. The SMILES string of the molecule is CCCCc1noc(CC2CCCCC2NC)n1. The second kappa shape index (κ2) is 6.88. The van der Waals surface area contributed by atoms with Crippen LogP contribution in [0.2, 0.25) is 0 Å². The van der Waals surface area contributed by atoms with Crippen molar-refractivity contribution in [2.45, 2.75) is 64.3 Å². The number of hydrogen-bond donors (Lipinski definition) is 1. The summed E-state index contributed by atoms with van der Waals surface area (Å²) in [7, 11) is 2.06. The predicted molar refractivity (Wildman–Crippen MR) is 71.4 cm³/mol. The Labute approximate surface area is 110 Å². The Morgan fingerprint density at radius 3 is 2.94 bits per heavy atom. The summed E-state index contributed by atoms with van der Waals surface area (Å²) in [5, 5.41) is 7.49. The smallest absolute Gasteiger partial charge is 0.226 e. The zero-order valence-corrected chi connectivity index (χ0v) is 11.6. The molecule has 2 unspecified atom stereocenters. The second-order valence-electron chi connectivity index (χ2n) is 5.35. The first-order chi connectivity index (χ1) is 8.83. The maximum absolute atomic E-state index is 5.37. The molecule has 1 aliphatic carbocycles. The molecular weight excluding hydrogens is 226 g/mol. The van der Waals surface area contributed by atoms with Gasteiger partial charge in [0.15, 0.2) is 5.82 Å². The molecule has 4 nitrogen and oxygen atoms in total. The molecule has 0 aliphatic heterocycles. The zero-order chi connectivity index (χ0) is 12.8. The summed E-state index contributed by atoms with van der Waals surface area (Å²) in [6.45, 7) is 2.18. The van der Waals surface area contributed by atoms with Crippen LogP contribution in [0.5, 0.6) is 0 Å².